The van der Waals surface area contributed by atoms with Crippen molar-refractivity contribution in [2.45, 2.75) is 0 Å². The van der Waals surface area contributed by atoms with Crippen molar-refractivity contribution >= 4 is 28.8 Å². The van der Waals surface area contributed by atoms with E-state index in [2.05, 4.69) is 0 Å². The van der Waals surface area contributed by atoms with E-state index in [1.54, 1.807) is 25.1 Å². The summed E-state index contributed by atoms with van der Waals surface area (Å²) in [6, 6.07) is 15.0. The van der Waals surface area contributed by atoms with Gasteiger partial charge in [0.1, 0.15) is 0 Å². The molecule has 4 rings (SSSR count). The van der Waals surface area contributed by atoms with E-state index in [0.29, 0.717) is 0 Å². The van der Waals surface area contributed by atoms with Gasteiger partial charge in [0.25, 0.3) is 6.15 Å². The Morgan fingerprint density at radius 1 is 0.500 bits per heavy atom. The van der Waals surface area contributed by atoms with Crippen molar-refractivity contribution < 1.29 is 36.5 Å². The van der Waals surface area contributed by atoms with E-state index in [1.807, 2.05) is 48.5 Å². The van der Waals surface area contributed by atoms with Crippen LogP contribution in [0.4, 0.5) is 0 Å². The molecule has 0 unspecified atom stereocenters. The van der Waals surface area contributed by atoms with Gasteiger partial charge in [-0.15, -0.1) is 0 Å². The largest absolute Gasteiger partial charge is 1.00 e. The van der Waals surface area contributed by atoms with E-state index < -0.39 is 6.15 Å². The van der Waals surface area contributed by atoms with Crippen LogP contribution in [0.2, 0.25) is 0 Å². The first-order valence-corrected chi connectivity index (χ1v) is 6.74. The fourth-order valence-corrected chi connectivity index (χ4v) is 2.99. The average Bonchev–Trinajstić information content (AvgIpc) is 3.32. The summed E-state index contributed by atoms with van der Waals surface area (Å²) in [6.07, 6.45) is 4.84. The molecule has 4 heterocycles. The predicted octanol–water partition coefficient (Wildman–Crippen LogP) is -1.56. The summed E-state index contributed by atoms with van der Waals surface area (Å²) in [7, 11) is 0. The SMILES string of the molecule is [Li+].c1coc([B-](c2ccco2)(c2ccco2)c2ccco2)c1. The van der Waals surface area contributed by atoms with Gasteiger partial charge < -0.3 is 17.7 Å². The van der Waals surface area contributed by atoms with E-state index in [0.717, 1.165) is 22.6 Å². The minimum atomic E-state index is -1.72. The van der Waals surface area contributed by atoms with Crippen LogP contribution in [0.5, 0.6) is 0 Å². The molecule has 0 atom stereocenters. The molecule has 6 heteroatoms. The second kappa shape index (κ2) is 5.88. The van der Waals surface area contributed by atoms with Crippen LogP contribution < -0.4 is 41.5 Å². The minimum absolute atomic E-state index is 0. The Bertz CT molecular complexity index is 644. The van der Waals surface area contributed by atoms with E-state index in [1.165, 1.54) is 0 Å². The summed E-state index contributed by atoms with van der Waals surface area (Å²) < 4.78 is 22.9. The first-order chi connectivity index (χ1) is 10.4. The molecule has 0 aliphatic carbocycles. The molecule has 0 saturated heterocycles. The molecule has 0 radical (unpaired) electrons. The van der Waals surface area contributed by atoms with Crippen molar-refractivity contribution in [3.63, 3.8) is 0 Å². The number of rotatable bonds is 4. The van der Waals surface area contributed by atoms with Crippen LogP contribution in [-0.2, 0) is 0 Å². The number of furan rings is 4. The van der Waals surface area contributed by atoms with Crippen molar-refractivity contribution in [2.24, 2.45) is 0 Å². The van der Waals surface area contributed by atoms with Gasteiger partial charge >= 0.3 is 18.9 Å². The van der Waals surface area contributed by atoms with E-state index in [9.17, 15) is 0 Å². The maximum atomic E-state index is 5.72. The molecule has 0 spiro atoms. The summed E-state index contributed by atoms with van der Waals surface area (Å²) in [5.41, 5.74) is 2.93. The molecule has 0 fully saturated rings. The van der Waals surface area contributed by atoms with Crippen molar-refractivity contribution in [1.82, 2.24) is 0 Å². The van der Waals surface area contributed by atoms with Gasteiger partial charge in [-0.3, -0.25) is 0 Å². The Kier molecular flexibility index (Phi) is 3.93. The third kappa shape index (κ3) is 2.02. The molecule has 104 valence electrons. The van der Waals surface area contributed by atoms with Crippen LogP contribution in [0.25, 0.3) is 0 Å². The van der Waals surface area contributed by atoms with E-state index >= 15 is 0 Å². The van der Waals surface area contributed by atoms with Gasteiger partial charge in [-0.1, -0.05) is 24.3 Å². The first-order valence-electron chi connectivity index (χ1n) is 6.74. The molecule has 0 saturated carbocycles. The van der Waals surface area contributed by atoms with Gasteiger partial charge in [-0.05, 0) is 46.9 Å². The first kappa shape index (κ1) is 14.7. The smallest absolute Gasteiger partial charge is 0.509 e. The quantitative estimate of drug-likeness (QED) is 0.426. The summed E-state index contributed by atoms with van der Waals surface area (Å²) >= 11 is 0. The van der Waals surface area contributed by atoms with Crippen LogP contribution in [0.3, 0.4) is 0 Å². The molecule has 4 aromatic heterocycles. The van der Waals surface area contributed by atoms with Gasteiger partial charge in [0, 0.05) is 0 Å². The van der Waals surface area contributed by atoms with Crippen LogP contribution in [0, 0.1) is 0 Å². The van der Waals surface area contributed by atoms with Crippen LogP contribution in [-0.4, -0.2) is 6.15 Å². The molecular weight excluding hydrogens is 274 g/mol. The molecule has 22 heavy (non-hydrogen) atoms. The third-order valence-corrected chi connectivity index (χ3v) is 3.88. The zero-order valence-electron chi connectivity index (χ0n) is 12.1. The monoisotopic (exact) mass is 286 g/mol. The fraction of sp³-hybridized carbons (Fsp3) is 0. The van der Waals surface area contributed by atoms with Crippen molar-refractivity contribution in [1.29, 1.82) is 0 Å². The maximum absolute atomic E-state index is 5.72. The Hall–Kier alpha value is -2.22. The molecule has 0 aliphatic rings. The van der Waals surface area contributed by atoms with Gasteiger partial charge in [0.05, 0.1) is 25.1 Å². The summed E-state index contributed by atoms with van der Waals surface area (Å²) in [5.74, 6) is 0. The minimum Gasteiger partial charge on any atom is -0.509 e. The van der Waals surface area contributed by atoms with Crippen LogP contribution >= 0.6 is 0 Å². The Morgan fingerprint density at radius 2 is 0.773 bits per heavy atom. The van der Waals surface area contributed by atoms with Crippen molar-refractivity contribution in [2.75, 3.05) is 0 Å². The van der Waals surface area contributed by atoms with Crippen molar-refractivity contribution in [3.8, 4) is 0 Å². The van der Waals surface area contributed by atoms with Crippen LogP contribution in [0.1, 0.15) is 0 Å². The maximum Gasteiger partial charge on any atom is 1.00 e. The summed E-state index contributed by atoms with van der Waals surface area (Å²) in [5, 5.41) is 0. The Morgan fingerprint density at radius 3 is 0.955 bits per heavy atom. The van der Waals surface area contributed by atoms with Gasteiger partial charge in [0.15, 0.2) is 0 Å². The molecular formula is C16H12BLiO4. The van der Waals surface area contributed by atoms with Gasteiger partial charge in [0.2, 0.25) is 0 Å². The van der Waals surface area contributed by atoms with Crippen LogP contribution in [0.15, 0.2) is 91.3 Å². The number of hydrogen-bond acceptors (Lipinski definition) is 4. The Labute approximate surface area is 139 Å². The number of hydrogen-bond donors (Lipinski definition) is 0. The van der Waals surface area contributed by atoms with Gasteiger partial charge in [-0.2, -0.15) is 0 Å². The normalized spacial score (nSPS) is 11.3. The van der Waals surface area contributed by atoms with Crippen molar-refractivity contribution in [3.05, 3.63) is 73.6 Å². The molecule has 4 nitrogen and oxygen atoms in total. The van der Waals surface area contributed by atoms with E-state index in [-0.39, 0.29) is 18.9 Å². The molecule has 0 N–H and O–H groups in total. The molecule has 0 aliphatic heterocycles. The summed E-state index contributed by atoms with van der Waals surface area (Å²) in [4.78, 5) is 0. The predicted molar refractivity (Wildman–Crippen MR) is 79.1 cm³/mol. The second-order valence-electron chi connectivity index (χ2n) is 4.93. The molecule has 0 bridgehead atoms. The van der Waals surface area contributed by atoms with E-state index in [4.69, 9.17) is 17.7 Å². The average molecular weight is 286 g/mol. The van der Waals surface area contributed by atoms with Gasteiger partial charge in [-0.25, -0.2) is 0 Å². The second-order valence-corrected chi connectivity index (χ2v) is 4.93. The topological polar surface area (TPSA) is 52.6 Å². The molecule has 0 amide bonds. The fourth-order valence-electron chi connectivity index (χ4n) is 2.99. The zero-order valence-corrected chi connectivity index (χ0v) is 12.1. The standard InChI is InChI=1S/C16H12BO4.Li/c1-5-13(18-9-1)17(14-6-2-10-19-14,15-7-3-11-20-15)16-8-4-12-21-16;/h1-12H;/q-1;+1. The molecule has 4 aromatic rings. The third-order valence-electron chi connectivity index (χ3n) is 3.88. The molecule has 0 aromatic carbocycles. The Balaban J connectivity index is 0.00000144. The summed E-state index contributed by atoms with van der Waals surface area (Å²) in [6.45, 7) is 0. The zero-order chi connectivity index (χ0) is 14.1.